The van der Waals surface area contributed by atoms with E-state index in [1.54, 1.807) is 6.07 Å². The molecular formula is C15H20FNO2. The molecule has 1 aromatic carbocycles. The molecule has 1 aromatic rings. The minimum Gasteiger partial charge on any atom is -0.480 e. The van der Waals surface area contributed by atoms with Crippen molar-refractivity contribution < 1.29 is 14.3 Å². The molecule has 0 unspecified atom stereocenters. The quantitative estimate of drug-likeness (QED) is 0.860. The highest BCUT2D eigenvalue weighted by atomic mass is 19.1. The number of carboxylic acids is 1. The lowest BCUT2D eigenvalue weighted by Gasteiger charge is -2.28. The molecule has 0 aromatic heterocycles. The molecule has 0 saturated carbocycles. The minimum atomic E-state index is -0.785. The number of benzene rings is 1. The van der Waals surface area contributed by atoms with Gasteiger partial charge in [0, 0.05) is 6.04 Å². The van der Waals surface area contributed by atoms with Gasteiger partial charge in [-0.1, -0.05) is 19.4 Å². The summed E-state index contributed by atoms with van der Waals surface area (Å²) in [7, 11) is 0. The Kier molecular flexibility index (Phi) is 4.53. The van der Waals surface area contributed by atoms with Gasteiger partial charge in [0.1, 0.15) is 11.9 Å². The third-order valence-corrected chi connectivity index (χ3v) is 3.71. The van der Waals surface area contributed by atoms with Gasteiger partial charge in [-0.05, 0) is 48.9 Å². The number of rotatable bonds is 5. The largest absolute Gasteiger partial charge is 0.480 e. The van der Waals surface area contributed by atoms with Crippen molar-refractivity contribution in [3.8, 4) is 0 Å². The van der Waals surface area contributed by atoms with Gasteiger partial charge in [0.25, 0.3) is 0 Å². The zero-order valence-corrected chi connectivity index (χ0v) is 11.2. The maximum atomic E-state index is 13.1. The highest BCUT2D eigenvalue weighted by Gasteiger charge is 2.24. The number of carbonyl (C=O) groups is 1. The zero-order valence-electron chi connectivity index (χ0n) is 11.2. The lowest BCUT2D eigenvalue weighted by molar-refractivity contribution is -0.139. The molecule has 2 atom stereocenters. The Labute approximate surface area is 112 Å². The monoisotopic (exact) mass is 265 g/mol. The molecule has 104 valence electrons. The molecule has 2 N–H and O–H groups in total. The fraction of sp³-hybridized carbons (Fsp3) is 0.533. The number of hydrogen-bond acceptors (Lipinski definition) is 2. The fourth-order valence-corrected chi connectivity index (χ4v) is 2.72. The predicted octanol–water partition coefficient (Wildman–Crippen LogP) is 2.53. The van der Waals surface area contributed by atoms with Gasteiger partial charge in [0.2, 0.25) is 0 Å². The van der Waals surface area contributed by atoms with E-state index >= 15 is 0 Å². The summed E-state index contributed by atoms with van der Waals surface area (Å²) >= 11 is 0. The van der Waals surface area contributed by atoms with Gasteiger partial charge in [-0.25, -0.2) is 4.39 Å². The summed E-state index contributed by atoms with van der Waals surface area (Å²) < 4.78 is 13.1. The van der Waals surface area contributed by atoms with Crippen LogP contribution in [-0.2, 0) is 17.6 Å². The Balaban J connectivity index is 2.01. The van der Waals surface area contributed by atoms with Crippen LogP contribution in [0.25, 0.3) is 0 Å². The van der Waals surface area contributed by atoms with E-state index in [1.165, 1.54) is 6.07 Å². The van der Waals surface area contributed by atoms with Crippen molar-refractivity contribution >= 4 is 5.97 Å². The Hall–Kier alpha value is -1.42. The van der Waals surface area contributed by atoms with Crippen LogP contribution in [0.3, 0.4) is 0 Å². The summed E-state index contributed by atoms with van der Waals surface area (Å²) in [6.45, 7) is 1.98. The first-order chi connectivity index (χ1) is 9.10. The van der Waals surface area contributed by atoms with Gasteiger partial charge in [0.05, 0.1) is 0 Å². The number of nitrogens with one attached hydrogen (secondary N) is 1. The Morgan fingerprint density at radius 1 is 1.53 bits per heavy atom. The molecule has 0 spiro atoms. The second-order valence-corrected chi connectivity index (χ2v) is 5.20. The average molecular weight is 265 g/mol. The standard InChI is InChI=1S/C15H20FNO2/c1-2-3-14(15(18)19)17-13-7-5-10-8-12(16)6-4-11(10)9-13/h4,6,8,13-14,17H,2-3,5,7,9H2,1H3,(H,18,19)/t13-,14-/m0/s1. The van der Waals surface area contributed by atoms with E-state index in [2.05, 4.69) is 5.32 Å². The smallest absolute Gasteiger partial charge is 0.320 e. The van der Waals surface area contributed by atoms with Crippen molar-refractivity contribution in [1.82, 2.24) is 5.32 Å². The highest BCUT2D eigenvalue weighted by molar-refractivity contribution is 5.73. The van der Waals surface area contributed by atoms with E-state index in [0.29, 0.717) is 6.42 Å². The number of carboxylic acid groups (broad SMARTS) is 1. The predicted molar refractivity (Wildman–Crippen MR) is 71.7 cm³/mol. The molecule has 4 heteroatoms. The fourth-order valence-electron chi connectivity index (χ4n) is 2.72. The highest BCUT2D eigenvalue weighted by Crippen LogP contribution is 2.22. The molecule has 0 bridgehead atoms. The van der Waals surface area contributed by atoms with Crippen molar-refractivity contribution in [2.24, 2.45) is 0 Å². The van der Waals surface area contributed by atoms with Crippen LogP contribution < -0.4 is 5.32 Å². The van der Waals surface area contributed by atoms with Crippen LogP contribution >= 0.6 is 0 Å². The van der Waals surface area contributed by atoms with Gasteiger partial charge < -0.3 is 10.4 Å². The molecule has 19 heavy (non-hydrogen) atoms. The molecule has 2 rings (SSSR count). The number of aliphatic carboxylic acids is 1. The van der Waals surface area contributed by atoms with E-state index in [-0.39, 0.29) is 11.9 Å². The maximum absolute atomic E-state index is 13.1. The van der Waals surface area contributed by atoms with Crippen LogP contribution in [0.15, 0.2) is 18.2 Å². The van der Waals surface area contributed by atoms with E-state index < -0.39 is 12.0 Å². The van der Waals surface area contributed by atoms with Crippen LogP contribution in [0.2, 0.25) is 0 Å². The van der Waals surface area contributed by atoms with Crippen LogP contribution in [0.4, 0.5) is 4.39 Å². The molecular weight excluding hydrogens is 245 g/mol. The van der Waals surface area contributed by atoms with Crippen molar-refractivity contribution in [3.63, 3.8) is 0 Å². The number of fused-ring (bicyclic) bond motifs is 1. The van der Waals surface area contributed by atoms with E-state index in [0.717, 1.165) is 36.8 Å². The summed E-state index contributed by atoms with van der Waals surface area (Å²) in [4.78, 5) is 11.1. The van der Waals surface area contributed by atoms with Gasteiger partial charge >= 0.3 is 5.97 Å². The first kappa shape index (κ1) is 14.0. The summed E-state index contributed by atoms with van der Waals surface area (Å²) in [5.41, 5.74) is 2.19. The Morgan fingerprint density at radius 3 is 3.00 bits per heavy atom. The van der Waals surface area contributed by atoms with Crippen LogP contribution in [0, 0.1) is 5.82 Å². The molecule has 3 nitrogen and oxygen atoms in total. The molecule has 1 aliphatic rings. The van der Waals surface area contributed by atoms with Gasteiger partial charge in [-0.15, -0.1) is 0 Å². The SMILES string of the molecule is CCC[C@H](N[C@H]1CCc2cc(F)ccc2C1)C(=O)O. The summed E-state index contributed by atoms with van der Waals surface area (Å²) in [6.07, 6.45) is 3.94. The minimum absolute atomic E-state index is 0.172. The van der Waals surface area contributed by atoms with Crippen molar-refractivity contribution in [1.29, 1.82) is 0 Å². The van der Waals surface area contributed by atoms with Crippen molar-refractivity contribution in [3.05, 3.63) is 35.1 Å². The first-order valence-corrected chi connectivity index (χ1v) is 6.86. The third-order valence-electron chi connectivity index (χ3n) is 3.71. The average Bonchev–Trinajstić information content (AvgIpc) is 2.38. The second kappa shape index (κ2) is 6.15. The van der Waals surface area contributed by atoms with Gasteiger partial charge in [-0.2, -0.15) is 0 Å². The summed E-state index contributed by atoms with van der Waals surface area (Å²) in [6, 6.07) is 4.57. The zero-order chi connectivity index (χ0) is 13.8. The second-order valence-electron chi connectivity index (χ2n) is 5.20. The topological polar surface area (TPSA) is 49.3 Å². The Bertz CT molecular complexity index is 461. The first-order valence-electron chi connectivity index (χ1n) is 6.86. The normalized spacial score (nSPS) is 19.8. The van der Waals surface area contributed by atoms with E-state index in [9.17, 15) is 9.18 Å². The Morgan fingerprint density at radius 2 is 2.32 bits per heavy atom. The lowest BCUT2D eigenvalue weighted by Crippen LogP contribution is -2.45. The van der Waals surface area contributed by atoms with Gasteiger partial charge in [-0.3, -0.25) is 4.79 Å². The molecule has 0 fully saturated rings. The number of halogens is 1. The van der Waals surface area contributed by atoms with Gasteiger partial charge in [0.15, 0.2) is 0 Å². The van der Waals surface area contributed by atoms with Crippen LogP contribution in [0.1, 0.15) is 37.3 Å². The third kappa shape index (κ3) is 3.53. The molecule has 0 radical (unpaired) electrons. The van der Waals surface area contributed by atoms with Crippen LogP contribution in [-0.4, -0.2) is 23.2 Å². The van der Waals surface area contributed by atoms with Crippen molar-refractivity contribution in [2.75, 3.05) is 0 Å². The molecule has 0 amide bonds. The molecule has 1 aliphatic carbocycles. The molecule has 0 heterocycles. The lowest BCUT2D eigenvalue weighted by atomic mass is 9.87. The van der Waals surface area contributed by atoms with E-state index in [1.807, 2.05) is 13.0 Å². The maximum Gasteiger partial charge on any atom is 0.320 e. The van der Waals surface area contributed by atoms with Crippen molar-refractivity contribution in [2.45, 2.75) is 51.1 Å². The summed E-state index contributed by atoms with van der Waals surface area (Å²) in [5, 5.41) is 12.4. The number of hydrogen-bond donors (Lipinski definition) is 2. The summed E-state index contributed by atoms with van der Waals surface area (Å²) in [5.74, 6) is -0.980. The van der Waals surface area contributed by atoms with Crippen LogP contribution in [0.5, 0.6) is 0 Å². The molecule has 0 aliphatic heterocycles. The number of aryl methyl sites for hydroxylation is 1. The molecule has 0 saturated heterocycles. The van der Waals surface area contributed by atoms with E-state index in [4.69, 9.17) is 5.11 Å².